The van der Waals surface area contributed by atoms with Gasteiger partial charge in [0.25, 0.3) is 0 Å². The molecule has 25 heavy (non-hydrogen) atoms. The SMILES string of the molecule is Cc1cc(=O)c2c(C(=O)CO)ncc(Cl)c2n1-c1c(Cl)cccc1Cl. The first-order chi connectivity index (χ1) is 11.9. The Morgan fingerprint density at radius 2 is 1.84 bits per heavy atom. The zero-order valence-corrected chi connectivity index (χ0v) is 15.2. The summed E-state index contributed by atoms with van der Waals surface area (Å²) in [6.45, 7) is 0.925. The summed E-state index contributed by atoms with van der Waals surface area (Å²) in [5.41, 5.74) is 0.642. The van der Waals surface area contributed by atoms with Crippen molar-refractivity contribution in [2.75, 3.05) is 6.61 Å². The highest BCUT2D eigenvalue weighted by Gasteiger charge is 2.21. The molecule has 0 spiro atoms. The third-order valence-electron chi connectivity index (χ3n) is 3.74. The molecule has 0 saturated carbocycles. The minimum Gasteiger partial charge on any atom is -0.388 e. The molecule has 2 aromatic heterocycles. The number of aliphatic hydroxyl groups excluding tert-OH is 1. The second kappa shape index (κ2) is 6.77. The number of Topliss-reactive ketones (excluding diaryl/α,β-unsaturated/α-hetero) is 1. The molecule has 5 nitrogen and oxygen atoms in total. The Morgan fingerprint density at radius 3 is 2.44 bits per heavy atom. The number of aliphatic hydroxyl groups is 1. The first kappa shape index (κ1) is 17.9. The number of fused-ring (bicyclic) bond motifs is 1. The second-order valence-corrected chi connectivity index (χ2v) is 6.54. The van der Waals surface area contributed by atoms with Crippen LogP contribution in [0.25, 0.3) is 16.6 Å². The van der Waals surface area contributed by atoms with Crippen molar-refractivity contribution in [1.29, 1.82) is 0 Å². The van der Waals surface area contributed by atoms with Gasteiger partial charge in [0.15, 0.2) is 5.43 Å². The highest BCUT2D eigenvalue weighted by Crippen LogP contribution is 2.34. The number of ketones is 1. The number of hydrogen-bond acceptors (Lipinski definition) is 4. The van der Waals surface area contributed by atoms with Crippen molar-refractivity contribution in [3.05, 3.63) is 67.1 Å². The molecule has 8 heteroatoms. The number of carbonyl (C=O) groups is 1. The molecule has 0 aliphatic rings. The maximum absolute atomic E-state index is 12.5. The molecule has 2 heterocycles. The Bertz CT molecular complexity index is 1060. The van der Waals surface area contributed by atoms with Gasteiger partial charge in [0.2, 0.25) is 5.78 Å². The summed E-state index contributed by atoms with van der Waals surface area (Å²) in [6.07, 6.45) is 1.26. The van der Waals surface area contributed by atoms with Crippen LogP contribution in [-0.4, -0.2) is 27.0 Å². The predicted octanol–water partition coefficient (Wildman–Crippen LogP) is 3.83. The molecule has 0 unspecified atom stereocenters. The number of halogens is 3. The summed E-state index contributed by atoms with van der Waals surface area (Å²) in [5, 5.41) is 10.0. The van der Waals surface area contributed by atoms with Crippen LogP contribution in [0.4, 0.5) is 0 Å². The molecule has 3 rings (SSSR count). The van der Waals surface area contributed by atoms with Crippen molar-refractivity contribution >= 4 is 51.5 Å². The summed E-state index contributed by atoms with van der Waals surface area (Å²) in [5.74, 6) is -0.681. The van der Waals surface area contributed by atoms with Crippen LogP contribution in [0.5, 0.6) is 0 Å². The zero-order valence-electron chi connectivity index (χ0n) is 12.9. The van der Waals surface area contributed by atoms with Gasteiger partial charge in [0, 0.05) is 18.0 Å². The molecule has 0 radical (unpaired) electrons. The number of pyridine rings is 2. The molecule has 0 amide bonds. The van der Waals surface area contributed by atoms with Crippen LogP contribution < -0.4 is 5.43 Å². The number of aryl methyl sites for hydroxylation is 1. The highest BCUT2D eigenvalue weighted by molar-refractivity contribution is 6.38. The number of para-hydroxylation sites is 1. The van der Waals surface area contributed by atoms with E-state index < -0.39 is 17.8 Å². The number of hydrogen-bond donors (Lipinski definition) is 1. The van der Waals surface area contributed by atoms with E-state index in [1.165, 1.54) is 12.3 Å². The lowest BCUT2D eigenvalue weighted by atomic mass is 10.1. The summed E-state index contributed by atoms with van der Waals surface area (Å²) >= 11 is 18.9. The normalized spacial score (nSPS) is 11.1. The summed E-state index contributed by atoms with van der Waals surface area (Å²) in [6, 6.07) is 6.34. The molecule has 128 valence electrons. The Kier molecular flexibility index (Phi) is 4.84. The van der Waals surface area contributed by atoms with E-state index in [1.807, 2.05) is 0 Å². The lowest BCUT2D eigenvalue weighted by Crippen LogP contribution is -2.18. The number of benzene rings is 1. The van der Waals surface area contributed by atoms with E-state index in [-0.39, 0.29) is 21.6 Å². The van der Waals surface area contributed by atoms with Gasteiger partial charge in [-0.05, 0) is 19.1 Å². The van der Waals surface area contributed by atoms with Crippen molar-refractivity contribution in [2.24, 2.45) is 0 Å². The van der Waals surface area contributed by atoms with Crippen molar-refractivity contribution in [3.8, 4) is 5.69 Å². The third kappa shape index (κ3) is 2.93. The van der Waals surface area contributed by atoms with Crippen LogP contribution in [0, 0.1) is 6.92 Å². The largest absolute Gasteiger partial charge is 0.388 e. The van der Waals surface area contributed by atoms with E-state index in [0.717, 1.165) is 0 Å². The van der Waals surface area contributed by atoms with Crippen molar-refractivity contribution in [3.63, 3.8) is 0 Å². The van der Waals surface area contributed by atoms with E-state index >= 15 is 0 Å². The minimum atomic E-state index is -0.774. The Balaban J connectivity index is 2.58. The van der Waals surface area contributed by atoms with E-state index in [2.05, 4.69) is 4.98 Å². The fourth-order valence-corrected chi connectivity index (χ4v) is 3.50. The summed E-state index contributed by atoms with van der Waals surface area (Å²) in [7, 11) is 0. The van der Waals surface area contributed by atoms with E-state index in [0.29, 0.717) is 21.4 Å². The van der Waals surface area contributed by atoms with Crippen LogP contribution in [0.2, 0.25) is 15.1 Å². The van der Waals surface area contributed by atoms with Gasteiger partial charge >= 0.3 is 0 Å². The third-order valence-corrected chi connectivity index (χ3v) is 4.62. The molecule has 0 fully saturated rings. The molecule has 0 bridgehead atoms. The fraction of sp³-hybridized carbons (Fsp3) is 0.118. The van der Waals surface area contributed by atoms with Gasteiger partial charge in [-0.1, -0.05) is 40.9 Å². The highest BCUT2D eigenvalue weighted by atomic mass is 35.5. The van der Waals surface area contributed by atoms with Crippen LogP contribution >= 0.6 is 34.8 Å². The van der Waals surface area contributed by atoms with E-state index in [4.69, 9.17) is 39.9 Å². The van der Waals surface area contributed by atoms with Crippen LogP contribution in [0.1, 0.15) is 16.2 Å². The number of rotatable bonds is 3. The van der Waals surface area contributed by atoms with E-state index in [9.17, 15) is 9.59 Å². The van der Waals surface area contributed by atoms with Crippen LogP contribution in [0.15, 0.2) is 35.3 Å². The minimum absolute atomic E-state index is 0.00753. The van der Waals surface area contributed by atoms with Crippen LogP contribution in [-0.2, 0) is 0 Å². The van der Waals surface area contributed by atoms with Crippen LogP contribution in [0.3, 0.4) is 0 Å². The quantitative estimate of drug-likeness (QED) is 0.682. The second-order valence-electron chi connectivity index (χ2n) is 5.32. The molecule has 0 aliphatic carbocycles. The fourth-order valence-electron chi connectivity index (χ4n) is 2.71. The van der Waals surface area contributed by atoms with Crippen molar-refractivity contribution < 1.29 is 9.90 Å². The Hall–Kier alpha value is -1.92. The maximum atomic E-state index is 12.5. The molecular weight excluding hydrogens is 387 g/mol. The van der Waals surface area contributed by atoms with Gasteiger partial charge in [0.1, 0.15) is 12.3 Å². The smallest absolute Gasteiger partial charge is 0.207 e. The average Bonchev–Trinajstić information content (AvgIpc) is 2.57. The molecule has 3 aromatic rings. The first-order valence-corrected chi connectivity index (χ1v) is 8.29. The number of aromatic nitrogens is 2. The summed E-state index contributed by atoms with van der Waals surface area (Å²) in [4.78, 5) is 28.5. The van der Waals surface area contributed by atoms with Crippen molar-refractivity contribution in [2.45, 2.75) is 6.92 Å². The lowest BCUT2D eigenvalue weighted by Gasteiger charge is -2.19. The Labute approximate surface area is 157 Å². The number of nitrogens with zero attached hydrogens (tertiary/aromatic N) is 2. The standard InChI is InChI=1S/C17H11Cl3N2O3/c1-8-5-12(24)14-15(13(25)7-23)21-6-11(20)17(14)22(8)16-9(18)3-2-4-10(16)19/h2-6,23H,7H2,1H3. The molecule has 1 N–H and O–H groups in total. The summed E-state index contributed by atoms with van der Waals surface area (Å²) < 4.78 is 1.61. The van der Waals surface area contributed by atoms with Gasteiger partial charge in [-0.15, -0.1) is 0 Å². The molecule has 0 atom stereocenters. The molecule has 1 aromatic carbocycles. The Morgan fingerprint density at radius 1 is 1.20 bits per heavy atom. The zero-order chi connectivity index (χ0) is 18.3. The van der Waals surface area contributed by atoms with Crippen molar-refractivity contribution in [1.82, 2.24) is 9.55 Å². The monoisotopic (exact) mass is 396 g/mol. The average molecular weight is 398 g/mol. The van der Waals surface area contributed by atoms with Gasteiger partial charge in [-0.2, -0.15) is 0 Å². The first-order valence-electron chi connectivity index (χ1n) is 7.16. The van der Waals surface area contributed by atoms with E-state index in [1.54, 1.807) is 29.7 Å². The maximum Gasteiger partial charge on any atom is 0.207 e. The molecule has 0 aliphatic heterocycles. The predicted molar refractivity (Wildman–Crippen MR) is 98.5 cm³/mol. The lowest BCUT2D eigenvalue weighted by molar-refractivity contribution is 0.0900. The number of carbonyl (C=O) groups excluding carboxylic acids is 1. The molecule has 0 saturated heterocycles. The molecular formula is C17H11Cl3N2O3. The topological polar surface area (TPSA) is 72.2 Å². The van der Waals surface area contributed by atoms with Gasteiger partial charge in [-0.25, -0.2) is 0 Å². The van der Waals surface area contributed by atoms with Gasteiger partial charge in [-0.3, -0.25) is 14.6 Å². The van der Waals surface area contributed by atoms with Gasteiger partial charge in [0.05, 0.1) is 31.7 Å². The van der Waals surface area contributed by atoms with Gasteiger partial charge < -0.3 is 9.67 Å².